The van der Waals surface area contributed by atoms with E-state index in [-0.39, 0.29) is 12.0 Å². The zero-order chi connectivity index (χ0) is 14.4. The Hall–Kier alpha value is -1.75. The van der Waals surface area contributed by atoms with Gasteiger partial charge in [-0.2, -0.15) is 0 Å². The van der Waals surface area contributed by atoms with Crippen LogP contribution in [0, 0.1) is 0 Å². The lowest BCUT2D eigenvalue weighted by Gasteiger charge is -2.22. The van der Waals surface area contributed by atoms with Crippen molar-refractivity contribution >= 4 is 17.3 Å². The second-order valence-corrected chi connectivity index (χ2v) is 5.03. The summed E-state index contributed by atoms with van der Waals surface area (Å²) in [4.78, 5) is 11.9. The lowest BCUT2D eigenvalue weighted by molar-refractivity contribution is -0.117. The van der Waals surface area contributed by atoms with Crippen molar-refractivity contribution < 1.29 is 14.3 Å². The van der Waals surface area contributed by atoms with E-state index in [1.54, 1.807) is 25.3 Å². The van der Waals surface area contributed by atoms with Gasteiger partial charge in [-0.3, -0.25) is 4.79 Å². The van der Waals surface area contributed by atoms with Gasteiger partial charge in [0.15, 0.2) is 0 Å². The van der Waals surface area contributed by atoms with Crippen LogP contribution in [0.5, 0.6) is 5.75 Å². The second kappa shape index (κ2) is 7.14. The number of carbonyl (C=O) groups is 1. The molecule has 1 aromatic rings. The van der Waals surface area contributed by atoms with Crippen LogP contribution < -0.4 is 15.8 Å². The van der Waals surface area contributed by atoms with Crippen molar-refractivity contribution in [3.8, 4) is 5.75 Å². The number of ether oxygens (including phenoxy) is 2. The van der Waals surface area contributed by atoms with Crippen LogP contribution in [0.15, 0.2) is 18.2 Å². The fourth-order valence-electron chi connectivity index (χ4n) is 2.32. The highest BCUT2D eigenvalue weighted by molar-refractivity contribution is 5.94. The third-order valence-electron chi connectivity index (χ3n) is 3.50. The third-order valence-corrected chi connectivity index (χ3v) is 3.50. The molecule has 2 rings (SSSR count). The molecule has 110 valence electrons. The molecule has 0 bridgehead atoms. The van der Waals surface area contributed by atoms with Crippen molar-refractivity contribution in [2.45, 2.75) is 38.2 Å². The summed E-state index contributed by atoms with van der Waals surface area (Å²) in [6.07, 6.45) is 4.82. The molecule has 1 aromatic carbocycles. The molecule has 5 heteroatoms. The second-order valence-electron chi connectivity index (χ2n) is 5.03. The van der Waals surface area contributed by atoms with Crippen molar-refractivity contribution in [1.29, 1.82) is 0 Å². The molecule has 1 unspecified atom stereocenters. The number of carbonyl (C=O) groups excluding carboxylic acids is 1. The number of hydrogen-bond acceptors (Lipinski definition) is 4. The minimum atomic E-state index is -0.0314. The molecule has 0 spiro atoms. The van der Waals surface area contributed by atoms with Crippen LogP contribution in [0.2, 0.25) is 0 Å². The van der Waals surface area contributed by atoms with E-state index in [0.717, 1.165) is 25.9 Å². The van der Waals surface area contributed by atoms with Gasteiger partial charge in [-0.05, 0) is 37.8 Å². The van der Waals surface area contributed by atoms with Crippen LogP contribution in [0.1, 0.15) is 32.1 Å². The summed E-state index contributed by atoms with van der Waals surface area (Å²) in [5.74, 6) is 0.646. The molecule has 1 heterocycles. The number of anilines is 2. The van der Waals surface area contributed by atoms with Gasteiger partial charge < -0.3 is 20.5 Å². The molecule has 0 saturated carbocycles. The molecule has 1 aliphatic heterocycles. The van der Waals surface area contributed by atoms with Crippen molar-refractivity contribution in [1.82, 2.24) is 0 Å². The van der Waals surface area contributed by atoms with Crippen LogP contribution in [0.4, 0.5) is 11.4 Å². The highest BCUT2D eigenvalue weighted by Crippen LogP contribution is 2.24. The molecule has 20 heavy (non-hydrogen) atoms. The Morgan fingerprint density at radius 2 is 2.35 bits per heavy atom. The molecule has 1 fully saturated rings. The third kappa shape index (κ3) is 4.13. The minimum Gasteiger partial charge on any atom is -0.497 e. The zero-order valence-electron chi connectivity index (χ0n) is 11.9. The molecule has 3 N–H and O–H groups in total. The Bertz CT molecular complexity index is 456. The summed E-state index contributed by atoms with van der Waals surface area (Å²) in [6.45, 7) is 0.817. The molecule has 1 atom stereocenters. The summed E-state index contributed by atoms with van der Waals surface area (Å²) in [5, 5.41) is 2.83. The molecular weight excluding hydrogens is 256 g/mol. The average Bonchev–Trinajstić information content (AvgIpc) is 2.48. The Balaban J connectivity index is 1.81. The smallest absolute Gasteiger partial charge is 0.224 e. The SMILES string of the molecule is COc1ccc(NC(=O)CCC2CCCCO2)c(N)c1. The first kappa shape index (κ1) is 14.7. The summed E-state index contributed by atoms with van der Waals surface area (Å²) in [7, 11) is 1.58. The number of rotatable bonds is 5. The number of amides is 1. The fourth-order valence-corrected chi connectivity index (χ4v) is 2.32. The van der Waals surface area contributed by atoms with E-state index >= 15 is 0 Å². The van der Waals surface area contributed by atoms with E-state index in [2.05, 4.69) is 5.32 Å². The Morgan fingerprint density at radius 3 is 3.00 bits per heavy atom. The van der Waals surface area contributed by atoms with Gasteiger partial charge in [0.2, 0.25) is 5.91 Å². The van der Waals surface area contributed by atoms with Gasteiger partial charge in [0.05, 0.1) is 24.6 Å². The van der Waals surface area contributed by atoms with Crippen LogP contribution in [-0.2, 0) is 9.53 Å². The van der Waals surface area contributed by atoms with Gasteiger partial charge in [0, 0.05) is 19.1 Å². The first-order valence-electron chi connectivity index (χ1n) is 7.04. The molecule has 1 amide bonds. The number of nitrogens with one attached hydrogen (secondary N) is 1. The molecule has 5 nitrogen and oxygen atoms in total. The molecule has 0 radical (unpaired) electrons. The highest BCUT2D eigenvalue weighted by Gasteiger charge is 2.15. The van der Waals surface area contributed by atoms with Gasteiger partial charge in [-0.15, -0.1) is 0 Å². The van der Waals surface area contributed by atoms with Gasteiger partial charge in [-0.25, -0.2) is 0 Å². The number of hydrogen-bond donors (Lipinski definition) is 2. The molecule has 0 aromatic heterocycles. The zero-order valence-corrected chi connectivity index (χ0v) is 11.9. The van der Waals surface area contributed by atoms with Gasteiger partial charge in [0.25, 0.3) is 0 Å². The van der Waals surface area contributed by atoms with Crippen molar-refractivity contribution in [3.05, 3.63) is 18.2 Å². The molecular formula is C15H22N2O3. The summed E-state index contributed by atoms with van der Waals surface area (Å²) >= 11 is 0. The predicted molar refractivity (Wildman–Crippen MR) is 78.9 cm³/mol. The summed E-state index contributed by atoms with van der Waals surface area (Å²) in [6, 6.07) is 5.22. The van der Waals surface area contributed by atoms with E-state index < -0.39 is 0 Å². The molecule has 1 saturated heterocycles. The Kier molecular flexibility index (Phi) is 5.24. The number of nitrogens with two attached hydrogens (primary N) is 1. The van der Waals surface area contributed by atoms with Crippen LogP contribution >= 0.6 is 0 Å². The van der Waals surface area contributed by atoms with Crippen molar-refractivity contribution in [2.75, 3.05) is 24.8 Å². The van der Waals surface area contributed by atoms with E-state index in [4.69, 9.17) is 15.2 Å². The lowest BCUT2D eigenvalue weighted by atomic mass is 10.0. The Morgan fingerprint density at radius 1 is 1.50 bits per heavy atom. The standard InChI is InChI=1S/C15H22N2O3/c1-19-12-5-7-14(13(16)10-12)17-15(18)8-6-11-4-2-3-9-20-11/h5,7,10-11H,2-4,6,8-9,16H2,1H3,(H,17,18). The predicted octanol–water partition coefficient (Wildman–Crippen LogP) is 2.57. The maximum Gasteiger partial charge on any atom is 0.224 e. The Labute approximate surface area is 119 Å². The summed E-state index contributed by atoms with van der Waals surface area (Å²) < 4.78 is 10.7. The number of benzene rings is 1. The molecule has 0 aliphatic carbocycles. The molecule has 1 aliphatic rings. The quantitative estimate of drug-likeness (QED) is 0.812. The maximum atomic E-state index is 11.9. The first-order valence-corrected chi connectivity index (χ1v) is 7.04. The van der Waals surface area contributed by atoms with E-state index in [9.17, 15) is 4.79 Å². The fraction of sp³-hybridized carbons (Fsp3) is 0.533. The normalized spacial score (nSPS) is 18.6. The minimum absolute atomic E-state index is 0.0314. The largest absolute Gasteiger partial charge is 0.497 e. The van der Waals surface area contributed by atoms with E-state index in [1.165, 1.54) is 6.42 Å². The maximum absolute atomic E-state index is 11.9. The van der Waals surface area contributed by atoms with E-state index in [1.807, 2.05) is 0 Å². The van der Waals surface area contributed by atoms with Crippen LogP contribution in [-0.4, -0.2) is 25.7 Å². The topological polar surface area (TPSA) is 73.6 Å². The van der Waals surface area contributed by atoms with Gasteiger partial charge in [0.1, 0.15) is 5.75 Å². The number of methoxy groups -OCH3 is 1. The van der Waals surface area contributed by atoms with Crippen LogP contribution in [0.25, 0.3) is 0 Å². The van der Waals surface area contributed by atoms with Crippen LogP contribution in [0.3, 0.4) is 0 Å². The first-order chi connectivity index (χ1) is 9.69. The average molecular weight is 278 g/mol. The summed E-state index contributed by atoms with van der Waals surface area (Å²) in [5.41, 5.74) is 7.00. The highest BCUT2D eigenvalue weighted by atomic mass is 16.5. The van der Waals surface area contributed by atoms with E-state index in [0.29, 0.717) is 23.5 Å². The monoisotopic (exact) mass is 278 g/mol. The van der Waals surface area contributed by atoms with Crippen molar-refractivity contribution in [2.24, 2.45) is 0 Å². The van der Waals surface area contributed by atoms with Crippen molar-refractivity contribution in [3.63, 3.8) is 0 Å². The van der Waals surface area contributed by atoms with Gasteiger partial charge >= 0.3 is 0 Å². The lowest BCUT2D eigenvalue weighted by Crippen LogP contribution is -2.22. The number of nitrogen functional groups attached to an aromatic ring is 1. The van der Waals surface area contributed by atoms with Gasteiger partial charge in [-0.1, -0.05) is 0 Å².